The van der Waals surface area contributed by atoms with E-state index in [1.807, 2.05) is 6.92 Å². The third-order valence-electron chi connectivity index (χ3n) is 4.29. The highest BCUT2D eigenvalue weighted by atomic mass is 79.9. The summed E-state index contributed by atoms with van der Waals surface area (Å²) in [6.07, 6.45) is -2.39. The number of benzene rings is 2. The number of nitrogens with zero attached hydrogens (tertiary/aromatic N) is 2. The Bertz CT molecular complexity index is 1070. The lowest BCUT2D eigenvalue weighted by Gasteiger charge is -2.14. The Kier molecular flexibility index (Phi) is 5.70. The van der Waals surface area contributed by atoms with E-state index in [1.165, 1.54) is 6.07 Å². The molecule has 4 nitrogen and oxygen atoms in total. The smallest absolute Gasteiger partial charge is 0.397 e. The van der Waals surface area contributed by atoms with Crippen LogP contribution < -0.4 is 11.1 Å². The van der Waals surface area contributed by atoms with Gasteiger partial charge in [0.15, 0.2) is 0 Å². The molecule has 29 heavy (non-hydrogen) atoms. The third kappa shape index (κ3) is 4.79. The Labute approximate surface area is 173 Å². The van der Waals surface area contributed by atoms with E-state index >= 15 is 0 Å². The standard InChI is InChI=1S/C20H17BrF4N4/c1-11-5-17(22)16(21)7-13(11)6-12(2)28-15-3-4-19(18(26)8-15)29-10-14(9-27-29)20(23,24)25/h3-5,7-10,28H,2,6,26H2,1H3. The van der Waals surface area contributed by atoms with Gasteiger partial charge in [-0.15, -0.1) is 0 Å². The van der Waals surface area contributed by atoms with E-state index in [0.717, 1.165) is 28.2 Å². The quantitative estimate of drug-likeness (QED) is 0.364. The minimum absolute atomic E-state index is 0.250. The Balaban J connectivity index is 1.74. The Hall–Kier alpha value is -2.81. The van der Waals surface area contributed by atoms with E-state index in [2.05, 4.69) is 32.9 Å². The first-order chi connectivity index (χ1) is 13.5. The van der Waals surface area contributed by atoms with Gasteiger partial charge in [-0.1, -0.05) is 6.58 Å². The summed E-state index contributed by atoms with van der Waals surface area (Å²) >= 11 is 3.17. The number of alkyl halides is 3. The second-order valence-electron chi connectivity index (χ2n) is 6.54. The van der Waals surface area contributed by atoms with Crippen LogP contribution in [0, 0.1) is 12.7 Å². The molecule has 1 aromatic heterocycles. The molecule has 0 bridgehead atoms. The average Bonchev–Trinajstić information content (AvgIpc) is 3.10. The van der Waals surface area contributed by atoms with Crippen LogP contribution in [-0.4, -0.2) is 9.78 Å². The molecule has 0 radical (unpaired) electrons. The molecule has 0 spiro atoms. The van der Waals surface area contributed by atoms with Gasteiger partial charge in [-0.25, -0.2) is 9.07 Å². The van der Waals surface area contributed by atoms with E-state index in [1.54, 1.807) is 24.3 Å². The first-order valence-electron chi connectivity index (χ1n) is 8.45. The lowest BCUT2D eigenvalue weighted by molar-refractivity contribution is -0.137. The van der Waals surface area contributed by atoms with E-state index in [0.29, 0.717) is 28.0 Å². The molecule has 0 fully saturated rings. The van der Waals surface area contributed by atoms with Crippen molar-refractivity contribution in [2.45, 2.75) is 19.5 Å². The van der Waals surface area contributed by atoms with Crippen LogP contribution in [0.2, 0.25) is 0 Å². The van der Waals surface area contributed by atoms with Gasteiger partial charge in [-0.3, -0.25) is 0 Å². The van der Waals surface area contributed by atoms with Gasteiger partial charge in [0, 0.05) is 24.0 Å². The minimum Gasteiger partial charge on any atom is -0.397 e. The first kappa shape index (κ1) is 20.9. The van der Waals surface area contributed by atoms with Crippen LogP contribution in [-0.2, 0) is 12.6 Å². The molecule has 3 aromatic rings. The Morgan fingerprint density at radius 2 is 2.00 bits per heavy atom. The molecule has 0 saturated carbocycles. The summed E-state index contributed by atoms with van der Waals surface area (Å²) in [6.45, 7) is 5.79. The number of allylic oxidation sites excluding steroid dienone is 1. The number of aromatic nitrogens is 2. The van der Waals surface area contributed by atoms with Crippen LogP contribution in [0.4, 0.5) is 28.9 Å². The SMILES string of the molecule is C=C(Cc1cc(Br)c(F)cc1C)Nc1ccc(-n2cc(C(F)(F)F)cn2)c(N)c1. The van der Waals surface area contributed by atoms with Crippen molar-refractivity contribution in [1.29, 1.82) is 0 Å². The molecule has 0 aliphatic heterocycles. The lowest BCUT2D eigenvalue weighted by atomic mass is 10.0. The zero-order valence-electron chi connectivity index (χ0n) is 15.3. The van der Waals surface area contributed by atoms with Gasteiger partial charge in [0.1, 0.15) is 5.82 Å². The molecule has 3 N–H and O–H groups in total. The van der Waals surface area contributed by atoms with Crippen molar-refractivity contribution in [2.75, 3.05) is 11.1 Å². The van der Waals surface area contributed by atoms with Crippen molar-refractivity contribution in [2.24, 2.45) is 0 Å². The van der Waals surface area contributed by atoms with Crippen LogP contribution in [0.3, 0.4) is 0 Å². The number of hydrogen-bond donors (Lipinski definition) is 2. The normalized spacial score (nSPS) is 11.5. The van der Waals surface area contributed by atoms with Gasteiger partial charge in [-0.05, 0) is 64.3 Å². The number of halogens is 5. The molecule has 0 saturated heterocycles. The number of rotatable bonds is 5. The second kappa shape index (κ2) is 7.90. The topological polar surface area (TPSA) is 55.9 Å². The van der Waals surface area contributed by atoms with Gasteiger partial charge < -0.3 is 11.1 Å². The van der Waals surface area contributed by atoms with Gasteiger partial charge in [-0.2, -0.15) is 18.3 Å². The fraction of sp³-hybridized carbons (Fsp3) is 0.150. The number of hydrogen-bond acceptors (Lipinski definition) is 3. The molecule has 0 aliphatic carbocycles. The highest BCUT2D eigenvalue weighted by molar-refractivity contribution is 9.10. The molecular formula is C20H17BrF4N4. The van der Waals surface area contributed by atoms with Crippen LogP contribution >= 0.6 is 15.9 Å². The summed E-state index contributed by atoms with van der Waals surface area (Å²) in [4.78, 5) is 0. The van der Waals surface area contributed by atoms with Crippen LogP contribution in [0.15, 0.2) is 59.5 Å². The molecule has 152 valence electrons. The molecule has 0 amide bonds. The molecule has 0 unspecified atom stereocenters. The van der Waals surface area contributed by atoms with E-state index in [9.17, 15) is 17.6 Å². The molecule has 9 heteroatoms. The summed E-state index contributed by atoms with van der Waals surface area (Å²) in [5.41, 5.74) is 8.69. The largest absolute Gasteiger partial charge is 0.419 e. The monoisotopic (exact) mass is 468 g/mol. The van der Waals surface area contributed by atoms with Crippen molar-refractivity contribution >= 4 is 27.3 Å². The molecule has 3 rings (SSSR count). The fourth-order valence-electron chi connectivity index (χ4n) is 2.80. The minimum atomic E-state index is -4.47. The van der Waals surface area contributed by atoms with Gasteiger partial charge in [0.05, 0.1) is 27.6 Å². The summed E-state index contributed by atoms with van der Waals surface area (Å²) in [5.74, 6) is -0.333. The number of nitrogen functional groups attached to an aromatic ring is 1. The van der Waals surface area contributed by atoms with Crippen LogP contribution in [0.5, 0.6) is 0 Å². The number of aryl methyl sites for hydroxylation is 1. The summed E-state index contributed by atoms with van der Waals surface area (Å²) in [7, 11) is 0. The van der Waals surface area contributed by atoms with E-state index in [-0.39, 0.29) is 11.5 Å². The van der Waals surface area contributed by atoms with Crippen molar-refractivity contribution in [3.8, 4) is 5.69 Å². The predicted molar refractivity (Wildman–Crippen MR) is 108 cm³/mol. The average molecular weight is 469 g/mol. The molecule has 1 heterocycles. The zero-order valence-corrected chi connectivity index (χ0v) is 16.9. The van der Waals surface area contributed by atoms with Crippen molar-refractivity contribution in [1.82, 2.24) is 9.78 Å². The number of anilines is 2. The van der Waals surface area contributed by atoms with Gasteiger partial charge in [0.25, 0.3) is 0 Å². The summed E-state index contributed by atoms with van der Waals surface area (Å²) in [6, 6.07) is 7.96. The van der Waals surface area contributed by atoms with E-state index in [4.69, 9.17) is 5.73 Å². The second-order valence-corrected chi connectivity index (χ2v) is 7.40. The van der Waals surface area contributed by atoms with Crippen molar-refractivity contribution in [3.63, 3.8) is 0 Å². The highest BCUT2D eigenvalue weighted by Gasteiger charge is 2.32. The first-order valence-corrected chi connectivity index (χ1v) is 9.25. The zero-order chi connectivity index (χ0) is 21.3. The fourth-order valence-corrected chi connectivity index (χ4v) is 3.19. The van der Waals surface area contributed by atoms with E-state index < -0.39 is 11.7 Å². The van der Waals surface area contributed by atoms with Crippen LogP contribution in [0.1, 0.15) is 16.7 Å². The number of nitrogens with two attached hydrogens (primary N) is 1. The molecular weight excluding hydrogens is 452 g/mol. The lowest BCUT2D eigenvalue weighted by Crippen LogP contribution is -2.06. The van der Waals surface area contributed by atoms with Gasteiger partial charge >= 0.3 is 6.18 Å². The summed E-state index contributed by atoms with van der Waals surface area (Å²) < 4.78 is 53.3. The Morgan fingerprint density at radius 1 is 1.28 bits per heavy atom. The Morgan fingerprint density at radius 3 is 2.62 bits per heavy atom. The maximum absolute atomic E-state index is 13.6. The third-order valence-corrected chi connectivity index (χ3v) is 4.90. The molecule has 0 atom stereocenters. The highest BCUT2D eigenvalue weighted by Crippen LogP contribution is 2.30. The van der Waals surface area contributed by atoms with Gasteiger partial charge in [0.2, 0.25) is 0 Å². The van der Waals surface area contributed by atoms with Crippen molar-refractivity contribution < 1.29 is 17.6 Å². The molecule has 2 aromatic carbocycles. The predicted octanol–water partition coefficient (Wildman–Crippen LogP) is 5.85. The number of nitrogens with one attached hydrogen (secondary N) is 1. The molecule has 0 aliphatic rings. The summed E-state index contributed by atoms with van der Waals surface area (Å²) in [5, 5.41) is 6.84. The maximum Gasteiger partial charge on any atom is 0.419 e. The van der Waals surface area contributed by atoms with Crippen LogP contribution in [0.25, 0.3) is 5.69 Å². The van der Waals surface area contributed by atoms with Crippen molar-refractivity contribution in [3.05, 3.63) is 82.0 Å². The maximum atomic E-state index is 13.6.